The number of fused-ring (bicyclic) bond motifs is 5. The first-order chi connectivity index (χ1) is 11.6. The lowest BCUT2D eigenvalue weighted by Crippen LogP contribution is -2.38. The second kappa shape index (κ2) is 4.81. The van der Waals surface area contributed by atoms with Gasteiger partial charge < -0.3 is 0 Å². The third kappa shape index (κ3) is 1.63. The number of hydrogen-bond acceptors (Lipinski definition) is 2. The fraction of sp³-hybridized carbons (Fsp3) is 0.524. The minimum atomic E-state index is -0.161. The maximum absolute atomic E-state index is 13.2. The zero-order valence-electron chi connectivity index (χ0n) is 14.2. The molecule has 1 saturated carbocycles. The van der Waals surface area contributed by atoms with E-state index in [9.17, 15) is 9.59 Å². The SMILES string of the molecule is C[C@@H]1C2=C([C@H]3CC[C@H]2C3)[C@H](C)[C@@H]2C(=O)N(c3ccccc3)C(=O)[C@H]21. The minimum Gasteiger partial charge on any atom is -0.274 e. The topological polar surface area (TPSA) is 37.4 Å². The number of amides is 2. The van der Waals surface area contributed by atoms with Crippen molar-refractivity contribution in [3.8, 4) is 0 Å². The summed E-state index contributed by atoms with van der Waals surface area (Å²) >= 11 is 0. The molecule has 1 aliphatic heterocycles. The standard InChI is InChI=1S/C21H23NO2/c1-11-16-13-8-9-14(10-13)17(16)12(2)19-18(11)20(23)22(21(19)24)15-6-4-3-5-7-15/h3-7,11-14,18-19H,8-10H2,1-2H3/t11-,12+,13-,14-,18-,19-/m0/s1. The summed E-state index contributed by atoms with van der Waals surface area (Å²) in [5.41, 5.74) is 3.83. The van der Waals surface area contributed by atoms with Crippen molar-refractivity contribution in [2.75, 3.05) is 4.90 Å². The van der Waals surface area contributed by atoms with Crippen LogP contribution in [0.5, 0.6) is 0 Å². The fourth-order valence-electron chi connectivity index (χ4n) is 6.27. The van der Waals surface area contributed by atoms with E-state index in [-0.39, 0.29) is 35.5 Å². The molecular formula is C21H23NO2. The molecule has 0 spiro atoms. The summed E-state index contributed by atoms with van der Waals surface area (Å²) in [6.45, 7) is 4.39. The van der Waals surface area contributed by atoms with Gasteiger partial charge in [-0.05, 0) is 55.1 Å². The quantitative estimate of drug-likeness (QED) is 0.583. The summed E-state index contributed by atoms with van der Waals surface area (Å²) in [5, 5.41) is 0. The Labute approximate surface area is 142 Å². The van der Waals surface area contributed by atoms with Gasteiger partial charge in [-0.25, -0.2) is 0 Å². The Morgan fingerprint density at radius 2 is 1.33 bits per heavy atom. The second-order valence-corrected chi connectivity index (χ2v) is 8.09. The fourth-order valence-corrected chi connectivity index (χ4v) is 6.27. The van der Waals surface area contributed by atoms with Crippen molar-refractivity contribution in [3.63, 3.8) is 0 Å². The molecule has 0 N–H and O–H groups in total. The zero-order valence-corrected chi connectivity index (χ0v) is 14.2. The molecule has 0 radical (unpaired) electrons. The first-order valence-corrected chi connectivity index (χ1v) is 9.26. The van der Waals surface area contributed by atoms with E-state index < -0.39 is 0 Å². The van der Waals surface area contributed by atoms with Crippen LogP contribution in [0.25, 0.3) is 0 Å². The summed E-state index contributed by atoms with van der Waals surface area (Å²) < 4.78 is 0. The molecule has 4 aliphatic rings. The molecule has 2 amide bonds. The van der Waals surface area contributed by atoms with Crippen LogP contribution in [0.4, 0.5) is 5.69 Å². The lowest BCUT2D eigenvalue weighted by Gasteiger charge is -2.39. The Balaban J connectivity index is 1.60. The molecule has 0 unspecified atom stereocenters. The maximum atomic E-state index is 13.2. The van der Waals surface area contributed by atoms with Crippen LogP contribution in [0.15, 0.2) is 41.5 Å². The molecule has 2 fully saturated rings. The van der Waals surface area contributed by atoms with Gasteiger partial charge in [-0.1, -0.05) is 43.2 Å². The average molecular weight is 321 g/mol. The number of anilines is 1. The average Bonchev–Trinajstić information content (AvgIpc) is 3.26. The van der Waals surface area contributed by atoms with E-state index in [4.69, 9.17) is 0 Å². The van der Waals surface area contributed by atoms with Crippen LogP contribution in [0.1, 0.15) is 33.1 Å². The van der Waals surface area contributed by atoms with Crippen LogP contribution in [0, 0.1) is 35.5 Å². The summed E-state index contributed by atoms with van der Waals surface area (Å²) in [7, 11) is 0. The third-order valence-corrected chi connectivity index (χ3v) is 7.12. The maximum Gasteiger partial charge on any atom is 0.238 e. The van der Waals surface area contributed by atoms with Gasteiger partial charge in [-0.15, -0.1) is 0 Å². The van der Waals surface area contributed by atoms with Crippen LogP contribution in [-0.4, -0.2) is 11.8 Å². The number of imide groups is 1. The Hall–Kier alpha value is -1.90. The number of allylic oxidation sites excluding steroid dienone is 2. The predicted molar refractivity (Wildman–Crippen MR) is 92.1 cm³/mol. The summed E-state index contributed by atoms with van der Waals surface area (Å²) in [5.74, 6) is 1.52. The van der Waals surface area contributed by atoms with Gasteiger partial charge in [0.15, 0.2) is 0 Å². The monoisotopic (exact) mass is 321 g/mol. The lowest BCUT2D eigenvalue weighted by atomic mass is 9.62. The van der Waals surface area contributed by atoms with Crippen molar-refractivity contribution in [1.29, 1.82) is 0 Å². The Morgan fingerprint density at radius 1 is 0.833 bits per heavy atom. The number of nitrogens with zero attached hydrogens (tertiary/aromatic N) is 1. The van der Waals surface area contributed by atoms with Gasteiger partial charge in [-0.2, -0.15) is 0 Å². The number of para-hydroxylation sites is 1. The number of benzene rings is 1. The van der Waals surface area contributed by atoms with Gasteiger partial charge >= 0.3 is 0 Å². The molecule has 5 rings (SSSR count). The Morgan fingerprint density at radius 3 is 1.83 bits per heavy atom. The van der Waals surface area contributed by atoms with Gasteiger partial charge in [0.2, 0.25) is 11.8 Å². The molecule has 1 aromatic rings. The number of hydrogen-bond donors (Lipinski definition) is 0. The van der Waals surface area contributed by atoms with Crippen molar-refractivity contribution in [1.82, 2.24) is 0 Å². The van der Waals surface area contributed by atoms with Gasteiger partial charge in [0.25, 0.3) is 0 Å². The van der Waals surface area contributed by atoms with Crippen LogP contribution >= 0.6 is 0 Å². The predicted octanol–water partition coefficient (Wildman–Crippen LogP) is 3.80. The highest BCUT2D eigenvalue weighted by molar-refractivity contribution is 6.22. The Kier molecular flexibility index (Phi) is 2.89. The van der Waals surface area contributed by atoms with Crippen molar-refractivity contribution in [2.45, 2.75) is 33.1 Å². The molecule has 1 saturated heterocycles. The largest absolute Gasteiger partial charge is 0.274 e. The zero-order chi connectivity index (χ0) is 16.6. The van der Waals surface area contributed by atoms with Gasteiger partial charge in [0.1, 0.15) is 0 Å². The molecule has 3 heteroatoms. The second-order valence-electron chi connectivity index (χ2n) is 8.09. The van der Waals surface area contributed by atoms with Crippen LogP contribution in [0.3, 0.4) is 0 Å². The van der Waals surface area contributed by atoms with Crippen molar-refractivity contribution < 1.29 is 9.59 Å². The van der Waals surface area contributed by atoms with Gasteiger partial charge in [0.05, 0.1) is 17.5 Å². The van der Waals surface area contributed by atoms with Gasteiger partial charge in [-0.3, -0.25) is 14.5 Å². The highest BCUT2D eigenvalue weighted by atomic mass is 16.2. The van der Waals surface area contributed by atoms with E-state index in [1.54, 1.807) is 11.1 Å². The van der Waals surface area contributed by atoms with E-state index in [2.05, 4.69) is 13.8 Å². The van der Waals surface area contributed by atoms with E-state index in [1.165, 1.54) is 24.2 Å². The first-order valence-electron chi connectivity index (χ1n) is 9.26. The molecular weight excluding hydrogens is 298 g/mol. The molecule has 124 valence electrons. The summed E-state index contributed by atoms with van der Waals surface area (Å²) in [6, 6.07) is 9.44. The molecule has 2 bridgehead atoms. The number of rotatable bonds is 1. The lowest BCUT2D eigenvalue weighted by molar-refractivity contribution is -0.122. The smallest absolute Gasteiger partial charge is 0.238 e. The molecule has 1 heterocycles. The minimum absolute atomic E-state index is 0.0184. The van der Waals surface area contributed by atoms with E-state index >= 15 is 0 Å². The van der Waals surface area contributed by atoms with E-state index in [0.29, 0.717) is 11.8 Å². The number of carbonyl (C=O) groups is 2. The van der Waals surface area contributed by atoms with E-state index in [0.717, 1.165) is 5.69 Å². The third-order valence-electron chi connectivity index (χ3n) is 7.12. The molecule has 0 aromatic heterocycles. The Bertz CT molecular complexity index is 721. The van der Waals surface area contributed by atoms with Crippen molar-refractivity contribution in [2.24, 2.45) is 35.5 Å². The van der Waals surface area contributed by atoms with Crippen LogP contribution in [0.2, 0.25) is 0 Å². The molecule has 3 aliphatic carbocycles. The normalized spacial score (nSPS) is 40.3. The highest BCUT2D eigenvalue weighted by Crippen LogP contribution is 2.61. The first kappa shape index (κ1) is 14.4. The van der Waals surface area contributed by atoms with Crippen molar-refractivity contribution >= 4 is 17.5 Å². The van der Waals surface area contributed by atoms with Crippen LogP contribution in [-0.2, 0) is 9.59 Å². The van der Waals surface area contributed by atoms with Gasteiger partial charge in [0, 0.05) is 0 Å². The molecule has 1 aromatic carbocycles. The summed E-state index contributed by atoms with van der Waals surface area (Å²) in [4.78, 5) is 27.8. The van der Waals surface area contributed by atoms with E-state index in [1.807, 2.05) is 30.3 Å². The van der Waals surface area contributed by atoms with Crippen molar-refractivity contribution in [3.05, 3.63) is 41.5 Å². The highest BCUT2D eigenvalue weighted by Gasteiger charge is 2.59. The molecule has 6 atom stereocenters. The number of carbonyl (C=O) groups excluding carboxylic acids is 2. The molecule has 24 heavy (non-hydrogen) atoms. The molecule has 3 nitrogen and oxygen atoms in total. The summed E-state index contributed by atoms with van der Waals surface area (Å²) in [6.07, 6.45) is 3.83. The van der Waals surface area contributed by atoms with Crippen LogP contribution < -0.4 is 4.90 Å².